The number of carbonyl (C=O) groups is 4. The zero-order valence-corrected chi connectivity index (χ0v) is 14.6. The van der Waals surface area contributed by atoms with E-state index in [9.17, 15) is 29.8 Å². The molecule has 0 aliphatic heterocycles. The Balaban J connectivity index is 3.86. The van der Waals surface area contributed by atoms with Crippen molar-refractivity contribution in [1.29, 1.82) is 5.26 Å². The molecule has 0 saturated carbocycles. The molecule has 0 bridgehead atoms. The van der Waals surface area contributed by atoms with E-state index in [0.717, 1.165) is 21.3 Å². The maximum absolute atomic E-state index is 13.0. The Labute approximate surface area is 153 Å². The first-order chi connectivity index (χ1) is 12.9. The molecule has 1 rings (SSSR count). The average molecular weight is 369 g/mol. The van der Waals surface area contributed by atoms with Crippen molar-refractivity contribution in [2.24, 2.45) is 0 Å². The Morgan fingerprint density at radius 2 is 1.48 bits per heavy atom. The van der Waals surface area contributed by atoms with Crippen LogP contribution in [-0.2, 0) is 23.8 Å². The molecule has 0 unspecified atom stereocenters. The highest BCUT2D eigenvalue weighted by atomic mass is 16.5. The number of benzene rings is 1. The molecule has 0 N–H and O–H groups in total. The number of ether oxygens (including phenoxy) is 3. The number of Topliss-reactive ketones (excluding diaryl/α,β-unsaturated/α-hetero) is 1. The van der Waals surface area contributed by atoms with E-state index in [1.165, 1.54) is 36.2 Å². The fourth-order valence-corrected chi connectivity index (χ4v) is 2.07. The van der Waals surface area contributed by atoms with Gasteiger partial charge in [-0.25, -0.2) is 14.4 Å². The van der Waals surface area contributed by atoms with Gasteiger partial charge in [0, 0.05) is 5.56 Å². The van der Waals surface area contributed by atoms with Crippen molar-refractivity contribution in [3.63, 3.8) is 0 Å². The van der Waals surface area contributed by atoms with Gasteiger partial charge in [0.05, 0.1) is 38.0 Å². The van der Waals surface area contributed by atoms with E-state index in [1.54, 1.807) is 0 Å². The van der Waals surface area contributed by atoms with Crippen molar-refractivity contribution in [2.45, 2.75) is 0 Å². The van der Waals surface area contributed by atoms with Gasteiger partial charge in [-0.15, -0.1) is 0 Å². The third kappa shape index (κ3) is 4.34. The Bertz CT molecular complexity index is 931. The van der Waals surface area contributed by atoms with Crippen molar-refractivity contribution >= 4 is 29.6 Å². The van der Waals surface area contributed by atoms with Crippen LogP contribution in [0.15, 0.2) is 41.0 Å². The molecule has 0 aliphatic rings. The van der Waals surface area contributed by atoms with Gasteiger partial charge < -0.3 is 19.6 Å². The van der Waals surface area contributed by atoms with Crippen molar-refractivity contribution < 1.29 is 33.4 Å². The van der Waals surface area contributed by atoms with Gasteiger partial charge in [0.1, 0.15) is 11.6 Å². The second kappa shape index (κ2) is 9.46. The van der Waals surface area contributed by atoms with Crippen LogP contribution in [0.25, 0.3) is 5.41 Å². The summed E-state index contributed by atoms with van der Waals surface area (Å²) in [4.78, 5) is 48.7. The van der Waals surface area contributed by atoms with Crippen LogP contribution < -0.4 is 0 Å². The fourth-order valence-electron chi connectivity index (χ4n) is 2.07. The van der Waals surface area contributed by atoms with Gasteiger partial charge in [-0.3, -0.25) is 10.7 Å². The number of nitriles is 1. The molecule has 1 aromatic carbocycles. The summed E-state index contributed by atoms with van der Waals surface area (Å²) in [5.41, 5.74) is -3.08. The lowest BCUT2D eigenvalue weighted by molar-refractivity contribution is -0.135. The molecule has 1 aromatic rings. The van der Waals surface area contributed by atoms with Crippen LogP contribution in [0, 0.1) is 11.3 Å². The number of methoxy groups -OCH3 is 3. The lowest BCUT2D eigenvalue weighted by atomic mass is 9.90. The van der Waals surface area contributed by atoms with Gasteiger partial charge in [0.25, 0.3) is 0 Å². The number of hydrogen-bond donors (Lipinski definition) is 0. The maximum Gasteiger partial charge on any atom is 0.349 e. The molecule has 0 heterocycles. The highest BCUT2D eigenvalue weighted by Gasteiger charge is 2.31. The molecule has 27 heavy (non-hydrogen) atoms. The summed E-state index contributed by atoms with van der Waals surface area (Å²) in [6.45, 7) is 0. The average Bonchev–Trinajstić information content (AvgIpc) is 2.71. The van der Waals surface area contributed by atoms with E-state index < -0.39 is 40.4 Å². The summed E-state index contributed by atoms with van der Waals surface area (Å²) in [6.07, 6.45) is 0. The zero-order chi connectivity index (χ0) is 20.6. The topological polar surface area (TPSA) is 142 Å². The summed E-state index contributed by atoms with van der Waals surface area (Å²) in [6, 6.07) is 6.79. The third-order valence-electron chi connectivity index (χ3n) is 3.31. The predicted octanol–water partition coefficient (Wildman–Crippen LogP) is 0.988. The zero-order valence-electron chi connectivity index (χ0n) is 14.6. The smallest absolute Gasteiger partial charge is 0.349 e. The van der Waals surface area contributed by atoms with E-state index >= 15 is 0 Å². The summed E-state index contributed by atoms with van der Waals surface area (Å²) in [7, 11) is 3.00. The molecule has 0 fully saturated rings. The highest BCUT2D eigenvalue weighted by molar-refractivity contribution is 6.26. The monoisotopic (exact) mass is 369 g/mol. The molecule has 0 saturated heterocycles. The van der Waals surface area contributed by atoms with Gasteiger partial charge in [0.15, 0.2) is 5.78 Å². The Kier molecular flexibility index (Phi) is 7.37. The predicted molar refractivity (Wildman–Crippen MR) is 90.7 cm³/mol. The first-order valence-corrected chi connectivity index (χ1v) is 7.18. The summed E-state index contributed by atoms with van der Waals surface area (Å²) >= 11 is 0. The molecule has 0 atom stereocenters. The molecule has 0 amide bonds. The second-order valence-corrected chi connectivity index (χ2v) is 4.70. The lowest BCUT2D eigenvalue weighted by Crippen LogP contribution is -2.21. The molecular formula is C18H13N2O7-. The maximum atomic E-state index is 13.0. The van der Waals surface area contributed by atoms with Crippen molar-refractivity contribution in [3.8, 4) is 6.07 Å². The largest absolute Gasteiger partial charge is 0.763 e. The molecular weight excluding hydrogens is 356 g/mol. The highest BCUT2D eigenvalue weighted by Crippen LogP contribution is 2.23. The lowest BCUT2D eigenvalue weighted by Gasteiger charge is -2.13. The molecule has 9 nitrogen and oxygen atoms in total. The Hall–Kier alpha value is -4.02. The van der Waals surface area contributed by atoms with E-state index in [1.807, 2.05) is 0 Å². The number of ketones is 1. The quantitative estimate of drug-likeness (QED) is 0.137. The fraction of sp³-hybridized carbons (Fsp3) is 0.167. The molecule has 0 aliphatic carbocycles. The minimum absolute atomic E-state index is 0.188. The van der Waals surface area contributed by atoms with Gasteiger partial charge in [-0.05, 0) is 6.07 Å². The van der Waals surface area contributed by atoms with Crippen LogP contribution in [0.4, 0.5) is 0 Å². The van der Waals surface area contributed by atoms with E-state index in [0.29, 0.717) is 0 Å². The van der Waals surface area contributed by atoms with Crippen molar-refractivity contribution in [1.82, 2.24) is 0 Å². The number of esters is 3. The van der Waals surface area contributed by atoms with Crippen LogP contribution in [0.1, 0.15) is 20.7 Å². The standard InChI is InChI=1S/C18H13N2O7/c1-25-16(22)11-7-5-4-6-10(11)15(21)14(12(8-19)17(23)26-2)13(9-20)18(24)27-3/h4-7H,1-3H3/q-1/b14-12+. The van der Waals surface area contributed by atoms with E-state index in [4.69, 9.17) is 0 Å². The minimum atomic E-state index is -1.24. The normalized spacial score (nSPS) is 10.4. The van der Waals surface area contributed by atoms with Crippen molar-refractivity contribution in [3.05, 3.63) is 57.5 Å². The molecule has 138 valence electrons. The number of nitrogens with zero attached hydrogens (tertiary/aromatic N) is 2. The summed E-state index contributed by atoms with van der Waals surface area (Å²) in [5.74, 6) is -3.00. The number of carbonyl (C=O) groups excluding carboxylic acids is 4. The summed E-state index contributed by atoms with van der Waals surface area (Å²) in [5, 5.41) is 18.6. The number of hydrogen-bond acceptors (Lipinski definition) is 8. The Morgan fingerprint density at radius 3 is 1.93 bits per heavy atom. The van der Waals surface area contributed by atoms with Gasteiger partial charge in [0.2, 0.25) is 0 Å². The number of rotatable bonds is 6. The molecule has 9 heteroatoms. The first kappa shape index (κ1) is 21.0. The van der Waals surface area contributed by atoms with Crippen LogP contribution in [0.5, 0.6) is 0 Å². The van der Waals surface area contributed by atoms with Crippen molar-refractivity contribution in [2.75, 3.05) is 21.3 Å². The van der Waals surface area contributed by atoms with E-state index in [-0.39, 0.29) is 11.1 Å². The molecule has 0 radical (unpaired) electrons. The second-order valence-electron chi connectivity index (χ2n) is 4.70. The minimum Gasteiger partial charge on any atom is -0.763 e. The van der Waals surface area contributed by atoms with Crippen LogP contribution in [-0.4, -0.2) is 50.9 Å². The molecule has 0 spiro atoms. The molecule has 0 aromatic heterocycles. The van der Waals surface area contributed by atoms with Gasteiger partial charge in [-0.2, -0.15) is 5.26 Å². The summed E-state index contributed by atoms with van der Waals surface area (Å²) < 4.78 is 13.5. The van der Waals surface area contributed by atoms with Gasteiger partial charge >= 0.3 is 17.9 Å². The van der Waals surface area contributed by atoms with Crippen LogP contribution >= 0.6 is 0 Å². The van der Waals surface area contributed by atoms with Gasteiger partial charge in [-0.1, -0.05) is 18.2 Å². The van der Waals surface area contributed by atoms with E-state index in [2.05, 4.69) is 14.2 Å². The Morgan fingerprint density at radius 1 is 0.926 bits per heavy atom. The third-order valence-corrected chi connectivity index (χ3v) is 3.31. The first-order valence-electron chi connectivity index (χ1n) is 7.18. The SMILES string of the molecule is COC(=O)C(=C=[N-])/C(C(=O)c1ccccc1C(=O)OC)=C(/C#N)C(=O)OC. The van der Waals surface area contributed by atoms with Crippen LogP contribution in [0.3, 0.4) is 0 Å². The van der Waals surface area contributed by atoms with Crippen LogP contribution in [0.2, 0.25) is 0 Å².